The zero-order valence-electron chi connectivity index (χ0n) is 17.6. The minimum absolute atomic E-state index is 0.0729. The van der Waals surface area contributed by atoms with Gasteiger partial charge in [-0.25, -0.2) is 17.5 Å². The van der Waals surface area contributed by atoms with Gasteiger partial charge in [0, 0.05) is 13.1 Å². The zero-order valence-corrected chi connectivity index (χ0v) is 18.4. The van der Waals surface area contributed by atoms with E-state index < -0.39 is 10.0 Å². The fraction of sp³-hybridized carbons (Fsp3) is 0.167. The molecular weight excluding hydrogens is 443 g/mol. The van der Waals surface area contributed by atoms with Crippen LogP contribution in [-0.4, -0.2) is 40.8 Å². The third-order valence-electron chi connectivity index (χ3n) is 5.56. The van der Waals surface area contributed by atoms with Crippen molar-refractivity contribution in [3.05, 3.63) is 96.6 Å². The Bertz CT molecular complexity index is 1330. The number of ether oxygens (including phenoxy) is 1. The van der Waals surface area contributed by atoms with E-state index in [0.717, 1.165) is 16.9 Å². The lowest BCUT2D eigenvalue weighted by molar-refractivity contribution is 0.189. The molecule has 4 aromatic rings. The summed E-state index contributed by atoms with van der Waals surface area (Å²) in [5.74, 6) is 0.437. The van der Waals surface area contributed by atoms with Crippen LogP contribution < -0.4 is 4.74 Å². The number of nitrogens with zero attached hydrogens (tertiary/aromatic N) is 4. The molecule has 2 heterocycles. The molecule has 3 aromatic carbocycles. The molecule has 0 amide bonds. The van der Waals surface area contributed by atoms with Crippen molar-refractivity contribution in [2.24, 2.45) is 0 Å². The average Bonchev–Trinajstić information content (AvgIpc) is 3.26. The summed E-state index contributed by atoms with van der Waals surface area (Å²) in [6.45, 7) is 0.938. The highest BCUT2D eigenvalue weighted by atomic mass is 32.2. The predicted octanol–water partition coefficient (Wildman–Crippen LogP) is 3.91. The van der Waals surface area contributed by atoms with E-state index in [4.69, 9.17) is 4.74 Å². The van der Waals surface area contributed by atoms with Crippen LogP contribution in [0.4, 0.5) is 4.39 Å². The Kier molecular flexibility index (Phi) is 5.65. The van der Waals surface area contributed by atoms with E-state index in [1.54, 1.807) is 47.3 Å². The fourth-order valence-corrected chi connectivity index (χ4v) is 5.14. The molecule has 0 atom stereocenters. The highest BCUT2D eigenvalue weighted by Crippen LogP contribution is 2.29. The Morgan fingerprint density at radius 1 is 0.909 bits per heavy atom. The number of sulfonamides is 1. The Morgan fingerprint density at radius 3 is 2.21 bits per heavy atom. The van der Waals surface area contributed by atoms with Crippen LogP contribution >= 0.6 is 0 Å². The summed E-state index contributed by atoms with van der Waals surface area (Å²) in [6, 6.07) is 22.1. The largest absolute Gasteiger partial charge is 0.487 e. The monoisotopic (exact) mass is 464 g/mol. The first kappa shape index (κ1) is 21.3. The molecule has 0 unspecified atom stereocenters. The molecule has 0 aliphatic carbocycles. The quantitative estimate of drug-likeness (QED) is 0.415. The molecule has 1 saturated heterocycles. The smallest absolute Gasteiger partial charge is 0.243 e. The highest BCUT2D eigenvalue weighted by molar-refractivity contribution is 7.89. The Balaban J connectivity index is 1.20. The molecule has 1 aliphatic rings. The molecule has 33 heavy (non-hydrogen) atoms. The zero-order chi connectivity index (χ0) is 22.8. The van der Waals surface area contributed by atoms with E-state index in [0.29, 0.717) is 25.4 Å². The van der Waals surface area contributed by atoms with Crippen molar-refractivity contribution in [3.8, 4) is 16.9 Å². The third-order valence-corrected chi connectivity index (χ3v) is 7.41. The maximum Gasteiger partial charge on any atom is 0.243 e. The predicted molar refractivity (Wildman–Crippen MR) is 120 cm³/mol. The summed E-state index contributed by atoms with van der Waals surface area (Å²) in [7, 11) is -3.60. The molecule has 0 spiro atoms. The molecule has 0 bridgehead atoms. The maximum atomic E-state index is 13.1. The topological polar surface area (TPSA) is 77.3 Å². The minimum Gasteiger partial charge on any atom is -0.487 e. The molecule has 1 fully saturated rings. The normalized spacial score (nSPS) is 14.7. The Morgan fingerprint density at radius 2 is 1.55 bits per heavy atom. The molecular formula is C24H21FN4O3S. The van der Waals surface area contributed by atoms with Crippen molar-refractivity contribution in [3.63, 3.8) is 0 Å². The van der Waals surface area contributed by atoms with Gasteiger partial charge in [-0.3, -0.25) is 0 Å². The van der Waals surface area contributed by atoms with Crippen molar-refractivity contribution in [2.75, 3.05) is 13.1 Å². The van der Waals surface area contributed by atoms with E-state index in [9.17, 15) is 12.8 Å². The highest BCUT2D eigenvalue weighted by Gasteiger charge is 2.38. The van der Waals surface area contributed by atoms with Crippen molar-refractivity contribution in [2.45, 2.75) is 17.5 Å². The fourth-order valence-electron chi connectivity index (χ4n) is 3.62. The molecule has 0 saturated carbocycles. The second kappa shape index (κ2) is 8.76. The number of para-hydroxylation sites is 1. The lowest BCUT2D eigenvalue weighted by atomic mass is 10.1. The van der Waals surface area contributed by atoms with Crippen molar-refractivity contribution < 1.29 is 17.5 Å². The molecule has 1 aliphatic heterocycles. The molecule has 5 rings (SSSR count). The Labute approximate surface area is 191 Å². The number of benzene rings is 3. The van der Waals surface area contributed by atoms with Gasteiger partial charge in [0.25, 0.3) is 0 Å². The van der Waals surface area contributed by atoms with Crippen LogP contribution in [-0.2, 0) is 16.6 Å². The van der Waals surface area contributed by atoms with Crippen LogP contribution in [0.25, 0.3) is 11.1 Å². The summed E-state index contributed by atoms with van der Waals surface area (Å²) < 4.78 is 47.8. The van der Waals surface area contributed by atoms with Crippen LogP contribution in [0, 0.1) is 5.82 Å². The first-order valence-corrected chi connectivity index (χ1v) is 11.9. The Hall–Kier alpha value is -3.56. The first-order valence-electron chi connectivity index (χ1n) is 10.4. The lowest BCUT2D eigenvalue weighted by Crippen LogP contribution is -2.50. The summed E-state index contributed by atoms with van der Waals surface area (Å²) in [6.07, 6.45) is 1.79. The number of hydrogen-bond acceptors (Lipinski definition) is 5. The number of aromatic nitrogens is 3. The van der Waals surface area contributed by atoms with Gasteiger partial charge in [0.15, 0.2) is 0 Å². The maximum absolute atomic E-state index is 13.1. The van der Waals surface area contributed by atoms with E-state index in [1.807, 2.05) is 30.3 Å². The summed E-state index contributed by atoms with van der Waals surface area (Å²) >= 11 is 0. The number of rotatable bonds is 7. The summed E-state index contributed by atoms with van der Waals surface area (Å²) in [5, 5.41) is 8.25. The summed E-state index contributed by atoms with van der Waals surface area (Å²) in [5.41, 5.74) is 2.32. The van der Waals surface area contributed by atoms with Crippen LogP contribution in [0.2, 0.25) is 0 Å². The number of hydrogen-bond donors (Lipinski definition) is 0. The van der Waals surface area contributed by atoms with Gasteiger partial charge in [-0.2, -0.15) is 4.31 Å². The molecule has 9 heteroatoms. The van der Waals surface area contributed by atoms with Crippen LogP contribution in [0.15, 0.2) is 90.0 Å². The standard InChI is InChI=1S/C24H21FN4O3S/c25-20-10-6-18(7-11-20)19-8-12-24(13-9-19)33(30,31)28-15-22(16-28)29-14-21(26-27-29)17-32-23-4-2-1-3-5-23/h1-14,22H,15-17H2. The van der Waals surface area contributed by atoms with Gasteiger partial charge < -0.3 is 4.74 Å². The SMILES string of the molecule is O=S(=O)(c1ccc(-c2ccc(F)cc2)cc1)N1CC(n2cc(COc3ccccc3)nn2)C1. The van der Waals surface area contributed by atoms with Gasteiger partial charge in [-0.15, -0.1) is 5.10 Å². The second-order valence-corrected chi connectivity index (χ2v) is 9.74. The van der Waals surface area contributed by atoms with Crippen molar-refractivity contribution in [1.29, 1.82) is 0 Å². The second-order valence-electron chi connectivity index (χ2n) is 7.80. The molecule has 0 radical (unpaired) electrons. The lowest BCUT2D eigenvalue weighted by Gasteiger charge is -2.37. The molecule has 168 valence electrons. The third kappa shape index (κ3) is 4.50. The van der Waals surface area contributed by atoms with Crippen molar-refractivity contribution in [1.82, 2.24) is 19.3 Å². The van der Waals surface area contributed by atoms with E-state index in [-0.39, 0.29) is 16.8 Å². The van der Waals surface area contributed by atoms with Gasteiger partial charge in [-0.1, -0.05) is 47.7 Å². The molecule has 1 aromatic heterocycles. The van der Waals surface area contributed by atoms with Gasteiger partial charge in [0.1, 0.15) is 23.9 Å². The summed E-state index contributed by atoms with van der Waals surface area (Å²) in [4.78, 5) is 0.224. The van der Waals surface area contributed by atoms with Crippen LogP contribution in [0.3, 0.4) is 0 Å². The average molecular weight is 465 g/mol. The molecule has 0 N–H and O–H groups in total. The van der Waals surface area contributed by atoms with Gasteiger partial charge >= 0.3 is 0 Å². The van der Waals surface area contributed by atoms with Gasteiger partial charge in [0.05, 0.1) is 17.1 Å². The molecule has 7 nitrogen and oxygen atoms in total. The van der Waals surface area contributed by atoms with Crippen LogP contribution in [0.5, 0.6) is 5.75 Å². The van der Waals surface area contributed by atoms with Gasteiger partial charge in [-0.05, 0) is 47.5 Å². The first-order chi connectivity index (χ1) is 16.0. The van der Waals surface area contributed by atoms with E-state index in [1.165, 1.54) is 16.4 Å². The van der Waals surface area contributed by atoms with Gasteiger partial charge in [0.2, 0.25) is 10.0 Å². The van der Waals surface area contributed by atoms with E-state index >= 15 is 0 Å². The van der Waals surface area contributed by atoms with Crippen molar-refractivity contribution >= 4 is 10.0 Å². The number of halogens is 1. The minimum atomic E-state index is -3.60. The van der Waals surface area contributed by atoms with E-state index in [2.05, 4.69) is 10.3 Å². The van der Waals surface area contributed by atoms with Crippen LogP contribution in [0.1, 0.15) is 11.7 Å².